The Kier molecular flexibility index (Phi) is 4.52. The summed E-state index contributed by atoms with van der Waals surface area (Å²) < 4.78 is 11.1. The second kappa shape index (κ2) is 6.97. The summed E-state index contributed by atoms with van der Waals surface area (Å²) in [6, 6.07) is 7.58. The van der Waals surface area contributed by atoms with Gasteiger partial charge in [0.1, 0.15) is 11.7 Å². The molecule has 3 aromatic rings. The highest BCUT2D eigenvalue weighted by Crippen LogP contribution is 2.24. The van der Waals surface area contributed by atoms with Crippen LogP contribution >= 0.6 is 0 Å². The number of aromatic nitrogens is 4. The number of rotatable bonds is 4. The Morgan fingerprint density at radius 2 is 2.19 bits per heavy atom. The first kappa shape index (κ1) is 16.9. The molecule has 0 aliphatic carbocycles. The molecule has 8 heteroatoms. The predicted octanol–water partition coefficient (Wildman–Crippen LogP) is 1.45. The van der Waals surface area contributed by atoms with Crippen LogP contribution < -0.4 is 5.63 Å². The Morgan fingerprint density at radius 1 is 1.31 bits per heavy atom. The van der Waals surface area contributed by atoms with Crippen molar-refractivity contribution in [2.45, 2.75) is 26.0 Å². The number of ether oxygens (including phenoxy) is 1. The summed E-state index contributed by atoms with van der Waals surface area (Å²) in [5.74, 6) is 0.586. The molecule has 8 nitrogen and oxygen atoms in total. The van der Waals surface area contributed by atoms with E-state index in [9.17, 15) is 4.79 Å². The fraction of sp³-hybridized carbons (Fsp3) is 0.444. The molecule has 0 amide bonds. The van der Waals surface area contributed by atoms with Crippen LogP contribution in [0.25, 0.3) is 11.0 Å². The van der Waals surface area contributed by atoms with Gasteiger partial charge in [-0.05, 0) is 34.9 Å². The summed E-state index contributed by atoms with van der Waals surface area (Å²) >= 11 is 0. The van der Waals surface area contributed by atoms with Crippen LogP contribution in [0.15, 0.2) is 33.5 Å². The fourth-order valence-electron chi connectivity index (χ4n) is 3.30. The lowest BCUT2D eigenvalue weighted by atomic mass is 10.0. The van der Waals surface area contributed by atoms with E-state index in [4.69, 9.17) is 9.15 Å². The van der Waals surface area contributed by atoms with Gasteiger partial charge in [0.2, 0.25) is 5.82 Å². The molecule has 26 heavy (non-hydrogen) atoms. The molecule has 0 spiro atoms. The molecule has 1 aliphatic heterocycles. The van der Waals surface area contributed by atoms with Gasteiger partial charge >= 0.3 is 5.63 Å². The van der Waals surface area contributed by atoms with Crippen LogP contribution in [0.5, 0.6) is 0 Å². The van der Waals surface area contributed by atoms with E-state index < -0.39 is 0 Å². The highest BCUT2D eigenvalue weighted by Gasteiger charge is 2.26. The van der Waals surface area contributed by atoms with Gasteiger partial charge in [0.05, 0.1) is 13.7 Å². The van der Waals surface area contributed by atoms with Crippen molar-refractivity contribution < 1.29 is 9.15 Å². The molecule has 1 atom stereocenters. The van der Waals surface area contributed by atoms with Gasteiger partial charge in [-0.25, -0.2) is 4.79 Å². The SMILES string of the molecule is CCc1ccc2oc(=O)cc(CN3CCOC(c4nnn(C)n4)C3)c2c1. The Labute approximate surface area is 150 Å². The van der Waals surface area contributed by atoms with E-state index in [-0.39, 0.29) is 11.7 Å². The topological polar surface area (TPSA) is 86.3 Å². The van der Waals surface area contributed by atoms with Crippen molar-refractivity contribution >= 4 is 11.0 Å². The number of hydrogen-bond acceptors (Lipinski definition) is 7. The molecule has 1 aromatic carbocycles. The first-order chi connectivity index (χ1) is 12.6. The average Bonchev–Trinajstić information content (AvgIpc) is 3.08. The van der Waals surface area contributed by atoms with Gasteiger partial charge < -0.3 is 9.15 Å². The maximum absolute atomic E-state index is 11.9. The summed E-state index contributed by atoms with van der Waals surface area (Å²) in [6.45, 7) is 4.78. The summed E-state index contributed by atoms with van der Waals surface area (Å²) in [4.78, 5) is 15.6. The summed E-state index contributed by atoms with van der Waals surface area (Å²) in [5, 5.41) is 13.2. The molecule has 1 unspecified atom stereocenters. The average molecular weight is 355 g/mol. The van der Waals surface area contributed by atoms with E-state index >= 15 is 0 Å². The van der Waals surface area contributed by atoms with E-state index in [1.807, 2.05) is 12.1 Å². The van der Waals surface area contributed by atoms with Gasteiger partial charge in [0.25, 0.3) is 0 Å². The third-order valence-electron chi connectivity index (χ3n) is 4.66. The summed E-state index contributed by atoms with van der Waals surface area (Å²) in [6.07, 6.45) is 0.724. The number of benzene rings is 1. The number of nitrogens with zero attached hydrogens (tertiary/aromatic N) is 5. The first-order valence-corrected chi connectivity index (χ1v) is 8.76. The molecular formula is C18H21N5O3. The van der Waals surface area contributed by atoms with E-state index in [0.29, 0.717) is 31.1 Å². The maximum atomic E-state index is 11.9. The zero-order valence-corrected chi connectivity index (χ0v) is 14.9. The van der Waals surface area contributed by atoms with Crippen LogP contribution in [0.3, 0.4) is 0 Å². The molecule has 0 N–H and O–H groups in total. The molecule has 0 radical (unpaired) electrons. The van der Waals surface area contributed by atoms with Gasteiger partial charge in [-0.1, -0.05) is 13.0 Å². The highest BCUT2D eigenvalue weighted by molar-refractivity contribution is 5.80. The molecule has 136 valence electrons. The van der Waals surface area contributed by atoms with Crippen LogP contribution in [0, 0.1) is 0 Å². The molecule has 4 rings (SSSR count). The van der Waals surface area contributed by atoms with Crippen LogP contribution in [0.4, 0.5) is 0 Å². The minimum absolute atomic E-state index is 0.213. The smallest absolute Gasteiger partial charge is 0.336 e. The van der Waals surface area contributed by atoms with Crippen molar-refractivity contribution in [1.29, 1.82) is 0 Å². The molecule has 1 saturated heterocycles. The van der Waals surface area contributed by atoms with Gasteiger partial charge in [-0.2, -0.15) is 4.80 Å². The van der Waals surface area contributed by atoms with Gasteiger partial charge in [-0.3, -0.25) is 4.90 Å². The monoisotopic (exact) mass is 355 g/mol. The van der Waals surface area contributed by atoms with E-state index in [1.54, 1.807) is 13.1 Å². The maximum Gasteiger partial charge on any atom is 0.336 e. The molecule has 2 aromatic heterocycles. The van der Waals surface area contributed by atoms with Gasteiger partial charge in [0.15, 0.2) is 0 Å². The third-order valence-corrected chi connectivity index (χ3v) is 4.66. The molecule has 0 saturated carbocycles. The molecule has 3 heterocycles. The minimum atomic E-state index is -0.322. The predicted molar refractivity (Wildman–Crippen MR) is 94.6 cm³/mol. The highest BCUT2D eigenvalue weighted by atomic mass is 16.5. The van der Waals surface area contributed by atoms with Crippen LogP contribution in [-0.2, 0) is 24.8 Å². The van der Waals surface area contributed by atoms with Gasteiger partial charge in [-0.15, -0.1) is 10.2 Å². The minimum Gasteiger partial charge on any atom is -0.423 e. The molecule has 0 bridgehead atoms. The zero-order valence-electron chi connectivity index (χ0n) is 14.9. The fourth-order valence-corrected chi connectivity index (χ4v) is 3.30. The Morgan fingerprint density at radius 3 is 2.96 bits per heavy atom. The van der Waals surface area contributed by atoms with Crippen molar-refractivity contribution in [3.05, 3.63) is 51.6 Å². The normalized spacial score (nSPS) is 18.5. The van der Waals surface area contributed by atoms with Crippen molar-refractivity contribution in [3.8, 4) is 0 Å². The molecule has 1 aliphatic rings. The Bertz CT molecular complexity index is 980. The number of fused-ring (bicyclic) bond motifs is 1. The summed E-state index contributed by atoms with van der Waals surface area (Å²) in [7, 11) is 1.73. The number of aryl methyl sites for hydroxylation is 2. The third kappa shape index (κ3) is 3.38. The van der Waals surface area contributed by atoms with E-state index in [1.165, 1.54) is 10.4 Å². The van der Waals surface area contributed by atoms with E-state index in [0.717, 1.165) is 23.9 Å². The lowest BCUT2D eigenvalue weighted by molar-refractivity contribution is -0.0372. The lowest BCUT2D eigenvalue weighted by Gasteiger charge is -2.31. The number of hydrogen-bond donors (Lipinski definition) is 0. The number of morpholine rings is 1. The van der Waals surface area contributed by atoms with E-state index in [2.05, 4.69) is 33.3 Å². The lowest BCUT2D eigenvalue weighted by Crippen LogP contribution is -2.38. The standard InChI is InChI=1S/C18H21N5O3/c1-3-12-4-5-15-14(8-12)13(9-17(24)26-15)10-23-6-7-25-16(11-23)18-19-21-22(2)20-18/h4-5,8-9,16H,3,6-7,10-11H2,1-2H3. The van der Waals surface area contributed by atoms with Crippen molar-refractivity contribution in [2.24, 2.45) is 7.05 Å². The van der Waals surface area contributed by atoms with Crippen molar-refractivity contribution in [3.63, 3.8) is 0 Å². The molecular weight excluding hydrogens is 334 g/mol. The van der Waals surface area contributed by atoms with Crippen LogP contribution in [0.1, 0.15) is 30.0 Å². The quantitative estimate of drug-likeness (QED) is 0.655. The second-order valence-corrected chi connectivity index (χ2v) is 6.51. The second-order valence-electron chi connectivity index (χ2n) is 6.51. The Hall–Kier alpha value is -2.58. The number of tetrazole rings is 1. The first-order valence-electron chi connectivity index (χ1n) is 8.76. The van der Waals surface area contributed by atoms with Crippen LogP contribution in [-0.4, -0.2) is 44.8 Å². The van der Waals surface area contributed by atoms with Crippen LogP contribution in [0.2, 0.25) is 0 Å². The van der Waals surface area contributed by atoms with Crippen molar-refractivity contribution in [1.82, 2.24) is 25.1 Å². The van der Waals surface area contributed by atoms with Crippen molar-refractivity contribution in [2.75, 3.05) is 19.7 Å². The zero-order chi connectivity index (χ0) is 18.1. The van der Waals surface area contributed by atoms with Gasteiger partial charge in [0, 0.05) is 31.1 Å². The largest absolute Gasteiger partial charge is 0.423 e. The summed E-state index contributed by atoms with van der Waals surface area (Å²) in [5.41, 5.74) is 2.50. The molecule has 1 fully saturated rings. The Balaban J connectivity index is 1.61.